The van der Waals surface area contributed by atoms with Crippen LogP contribution in [0.25, 0.3) is 5.70 Å². The molecule has 0 unspecified atom stereocenters. The number of hydrogen-bond donors (Lipinski definition) is 1. The summed E-state index contributed by atoms with van der Waals surface area (Å²) in [5, 5.41) is 2.98. The van der Waals surface area contributed by atoms with Gasteiger partial charge in [0.25, 0.3) is 5.91 Å². The molecule has 0 saturated carbocycles. The van der Waals surface area contributed by atoms with Crippen molar-refractivity contribution in [1.82, 2.24) is 10.2 Å². The Balaban J connectivity index is 1.38. The Morgan fingerprint density at radius 1 is 0.923 bits per heavy atom. The van der Waals surface area contributed by atoms with Crippen LogP contribution in [0.4, 0.5) is 14.5 Å². The topological polar surface area (TPSA) is 69.7 Å². The molecule has 1 amide bonds. The SMILES string of the molecule is CN1CCN(c2ccc(C(=O)NC3=CCc4ccc(Cc5cc(F)cc(F)c5)cc43)c(CS(C)(=O)=O)c2)CC1. The fourth-order valence-electron chi connectivity index (χ4n) is 5.21. The van der Waals surface area contributed by atoms with Crippen LogP contribution < -0.4 is 10.2 Å². The average Bonchev–Trinajstić information content (AvgIpc) is 3.24. The van der Waals surface area contributed by atoms with E-state index in [4.69, 9.17) is 0 Å². The number of rotatable bonds is 7. The van der Waals surface area contributed by atoms with E-state index in [9.17, 15) is 22.0 Å². The highest BCUT2D eigenvalue weighted by Crippen LogP contribution is 2.29. The first-order valence-corrected chi connectivity index (χ1v) is 14.9. The standard InChI is InChI=1S/C30H31F2N3O3S/c1-34-9-11-35(12-10-34)26-6-7-27(23(17-26)19-39(2,37)38)30(36)33-29-8-5-22-4-3-20(16-28(22)29)13-21-14-24(31)18-25(32)15-21/h3-4,6-8,14-18H,5,9-13,19H2,1-2H3,(H,33,36). The molecule has 1 N–H and O–H groups in total. The van der Waals surface area contributed by atoms with Crippen LogP contribution in [0, 0.1) is 11.6 Å². The Labute approximate surface area is 227 Å². The zero-order valence-electron chi connectivity index (χ0n) is 22.0. The molecule has 1 saturated heterocycles. The van der Waals surface area contributed by atoms with E-state index >= 15 is 0 Å². The van der Waals surface area contributed by atoms with Crippen LogP contribution in [-0.2, 0) is 28.4 Å². The van der Waals surface area contributed by atoms with Crippen LogP contribution in [-0.4, -0.2) is 58.7 Å². The van der Waals surface area contributed by atoms with Crippen molar-refractivity contribution >= 4 is 27.1 Å². The van der Waals surface area contributed by atoms with Crippen molar-refractivity contribution in [1.29, 1.82) is 0 Å². The van der Waals surface area contributed by atoms with Gasteiger partial charge in [-0.05, 0) is 78.5 Å². The number of piperazine rings is 1. The van der Waals surface area contributed by atoms with Crippen molar-refractivity contribution in [2.75, 3.05) is 44.4 Å². The van der Waals surface area contributed by atoms with E-state index in [1.54, 1.807) is 6.07 Å². The quantitative estimate of drug-likeness (QED) is 0.477. The highest BCUT2D eigenvalue weighted by Gasteiger charge is 2.22. The number of hydrogen-bond acceptors (Lipinski definition) is 5. The third-order valence-electron chi connectivity index (χ3n) is 7.19. The lowest BCUT2D eigenvalue weighted by molar-refractivity contribution is 0.0973. The second-order valence-electron chi connectivity index (χ2n) is 10.4. The van der Waals surface area contributed by atoms with Crippen molar-refractivity contribution in [2.45, 2.75) is 18.6 Å². The Kier molecular flexibility index (Phi) is 7.55. The van der Waals surface area contributed by atoms with Crippen molar-refractivity contribution in [2.24, 2.45) is 0 Å². The highest BCUT2D eigenvalue weighted by molar-refractivity contribution is 7.89. The predicted octanol–water partition coefficient (Wildman–Crippen LogP) is 4.18. The maximum atomic E-state index is 13.7. The highest BCUT2D eigenvalue weighted by atomic mass is 32.2. The summed E-state index contributed by atoms with van der Waals surface area (Å²) in [4.78, 5) is 17.9. The first-order chi connectivity index (χ1) is 18.5. The monoisotopic (exact) mass is 551 g/mol. The van der Waals surface area contributed by atoms with Crippen LogP contribution in [0.1, 0.15) is 38.2 Å². The van der Waals surface area contributed by atoms with Gasteiger partial charge in [0.2, 0.25) is 0 Å². The molecule has 1 aliphatic carbocycles. The molecule has 0 radical (unpaired) electrons. The van der Waals surface area contributed by atoms with Gasteiger partial charge in [-0.3, -0.25) is 4.79 Å². The molecule has 0 bridgehead atoms. The lowest BCUT2D eigenvalue weighted by atomic mass is 9.99. The van der Waals surface area contributed by atoms with Crippen LogP contribution in [0.15, 0.2) is 60.7 Å². The molecule has 0 spiro atoms. The summed E-state index contributed by atoms with van der Waals surface area (Å²) < 4.78 is 51.8. The van der Waals surface area contributed by atoms with E-state index in [0.717, 1.165) is 54.6 Å². The first-order valence-electron chi connectivity index (χ1n) is 12.9. The molecule has 1 fully saturated rings. The molecule has 2 aliphatic rings. The molecule has 204 valence electrons. The molecule has 1 heterocycles. The van der Waals surface area contributed by atoms with Gasteiger partial charge in [0.05, 0.1) is 5.75 Å². The summed E-state index contributed by atoms with van der Waals surface area (Å²) in [6.07, 6.45) is 4.07. The summed E-state index contributed by atoms with van der Waals surface area (Å²) in [7, 11) is -1.31. The average molecular weight is 552 g/mol. The minimum Gasteiger partial charge on any atom is -0.369 e. The van der Waals surface area contributed by atoms with Gasteiger partial charge in [-0.2, -0.15) is 0 Å². The van der Waals surface area contributed by atoms with Crippen LogP contribution in [0.2, 0.25) is 0 Å². The maximum absolute atomic E-state index is 13.7. The fraction of sp³-hybridized carbons (Fsp3) is 0.300. The van der Waals surface area contributed by atoms with E-state index in [2.05, 4.69) is 22.2 Å². The smallest absolute Gasteiger partial charge is 0.255 e. The van der Waals surface area contributed by atoms with Crippen LogP contribution >= 0.6 is 0 Å². The van der Waals surface area contributed by atoms with Gasteiger partial charge in [0.1, 0.15) is 11.6 Å². The number of carbonyl (C=O) groups is 1. The minimum absolute atomic E-state index is 0.235. The minimum atomic E-state index is -3.38. The number of amides is 1. The molecule has 6 nitrogen and oxygen atoms in total. The lowest BCUT2D eigenvalue weighted by Crippen LogP contribution is -2.44. The molecule has 1 aliphatic heterocycles. The van der Waals surface area contributed by atoms with E-state index in [1.165, 1.54) is 18.4 Å². The molecule has 3 aromatic rings. The number of halogens is 2. The Morgan fingerprint density at radius 3 is 2.33 bits per heavy atom. The molecule has 3 aromatic carbocycles. The number of carbonyl (C=O) groups excluding carboxylic acids is 1. The number of nitrogens with one attached hydrogen (secondary N) is 1. The normalized spacial score (nSPS) is 15.7. The van der Waals surface area contributed by atoms with Gasteiger partial charge in [-0.15, -0.1) is 0 Å². The molecular formula is C30H31F2N3O3S. The Morgan fingerprint density at radius 2 is 1.64 bits per heavy atom. The zero-order chi connectivity index (χ0) is 27.7. The first kappa shape index (κ1) is 27.0. The predicted molar refractivity (Wildman–Crippen MR) is 149 cm³/mol. The second kappa shape index (κ2) is 10.9. The van der Waals surface area contributed by atoms with Gasteiger partial charge in [0, 0.05) is 61.0 Å². The number of sulfone groups is 1. The second-order valence-corrected chi connectivity index (χ2v) is 12.6. The largest absolute Gasteiger partial charge is 0.369 e. The van der Waals surface area contributed by atoms with Crippen molar-refractivity contribution in [3.63, 3.8) is 0 Å². The van der Waals surface area contributed by atoms with E-state index in [0.29, 0.717) is 35.2 Å². The van der Waals surface area contributed by atoms with Crippen LogP contribution in [0.3, 0.4) is 0 Å². The molecule has 39 heavy (non-hydrogen) atoms. The molecule has 0 atom stereocenters. The lowest BCUT2D eigenvalue weighted by Gasteiger charge is -2.34. The number of anilines is 1. The van der Waals surface area contributed by atoms with Gasteiger partial charge >= 0.3 is 0 Å². The number of fused-ring (bicyclic) bond motifs is 1. The van der Waals surface area contributed by atoms with Gasteiger partial charge < -0.3 is 15.1 Å². The van der Waals surface area contributed by atoms with E-state index < -0.39 is 21.5 Å². The van der Waals surface area contributed by atoms with E-state index in [-0.39, 0.29) is 11.7 Å². The Bertz CT molecular complexity index is 1540. The third kappa shape index (κ3) is 6.54. The maximum Gasteiger partial charge on any atom is 0.255 e. The molecule has 0 aromatic heterocycles. The molecule has 5 rings (SSSR count). The van der Waals surface area contributed by atoms with Crippen molar-refractivity contribution in [3.8, 4) is 0 Å². The number of allylic oxidation sites excluding steroid dienone is 1. The van der Waals surface area contributed by atoms with Crippen molar-refractivity contribution < 1.29 is 22.0 Å². The van der Waals surface area contributed by atoms with Gasteiger partial charge in [-0.1, -0.05) is 18.2 Å². The summed E-state index contributed by atoms with van der Waals surface area (Å²) in [5.41, 5.74) is 5.57. The zero-order valence-corrected chi connectivity index (χ0v) is 22.8. The number of nitrogens with zero attached hydrogens (tertiary/aromatic N) is 2. The van der Waals surface area contributed by atoms with E-state index in [1.807, 2.05) is 36.4 Å². The number of likely N-dealkylation sites (N-methyl/N-ethyl adjacent to an activating group) is 1. The third-order valence-corrected chi connectivity index (χ3v) is 8.02. The molecular weight excluding hydrogens is 520 g/mol. The fourth-order valence-corrected chi connectivity index (χ4v) is 6.01. The summed E-state index contributed by atoms with van der Waals surface area (Å²) >= 11 is 0. The summed E-state index contributed by atoms with van der Waals surface area (Å²) in [6, 6.07) is 14.7. The van der Waals surface area contributed by atoms with Gasteiger partial charge in [0.15, 0.2) is 9.84 Å². The van der Waals surface area contributed by atoms with Crippen LogP contribution in [0.5, 0.6) is 0 Å². The van der Waals surface area contributed by atoms with Gasteiger partial charge in [-0.25, -0.2) is 17.2 Å². The molecule has 9 heteroatoms. The summed E-state index contributed by atoms with van der Waals surface area (Å²) in [5.74, 6) is -1.86. The van der Waals surface area contributed by atoms with Crippen molar-refractivity contribution in [3.05, 3.63) is 106 Å². The Hall–Kier alpha value is -3.56. The summed E-state index contributed by atoms with van der Waals surface area (Å²) in [6.45, 7) is 3.48. The number of benzene rings is 3.